The van der Waals surface area contributed by atoms with Gasteiger partial charge in [-0.2, -0.15) is 4.52 Å². The maximum Gasteiger partial charge on any atom is 0.178 e. The predicted octanol–water partition coefficient (Wildman–Crippen LogP) is 2.70. The summed E-state index contributed by atoms with van der Waals surface area (Å²) in [6.07, 6.45) is 4.34. The first-order valence-electron chi connectivity index (χ1n) is 10.1. The van der Waals surface area contributed by atoms with Gasteiger partial charge in [0.25, 0.3) is 0 Å². The van der Waals surface area contributed by atoms with E-state index >= 15 is 0 Å². The number of rotatable bonds is 2. The predicted molar refractivity (Wildman–Crippen MR) is 114 cm³/mol. The van der Waals surface area contributed by atoms with E-state index in [0.29, 0.717) is 0 Å². The highest BCUT2D eigenvalue weighted by Crippen LogP contribution is 2.24. The van der Waals surface area contributed by atoms with Gasteiger partial charge in [-0.15, -0.1) is 15.3 Å². The Labute approximate surface area is 169 Å². The van der Waals surface area contributed by atoms with Gasteiger partial charge in [0.2, 0.25) is 0 Å². The third-order valence-electron chi connectivity index (χ3n) is 5.58. The smallest absolute Gasteiger partial charge is 0.178 e. The minimum atomic E-state index is 0.0506. The zero-order valence-corrected chi connectivity index (χ0v) is 17.4. The van der Waals surface area contributed by atoms with Gasteiger partial charge < -0.3 is 14.2 Å². The molecule has 0 amide bonds. The summed E-state index contributed by atoms with van der Waals surface area (Å²) in [5.74, 6) is 1.78. The summed E-state index contributed by atoms with van der Waals surface area (Å²) in [5, 5.41) is 12.9. The molecule has 4 aromatic rings. The Balaban J connectivity index is 1.33. The molecule has 1 saturated heterocycles. The third kappa shape index (κ3) is 3.18. The Bertz CT molecular complexity index is 1170. The van der Waals surface area contributed by atoms with Gasteiger partial charge in [0.1, 0.15) is 11.5 Å². The molecule has 1 aliphatic rings. The molecule has 0 aromatic carbocycles. The van der Waals surface area contributed by atoms with Crippen molar-refractivity contribution in [3.8, 4) is 0 Å². The van der Waals surface area contributed by atoms with Crippen molar-refractivity contribution in [3.63, 3.8) is 0 Å². The largest absolute Gasteiger partial charge is 0.367 e. The molecule has 0 atom stereocenters. The van der Waals surface area contributed by atoms with Gasteiger partial charge in [-0.05, 0) is 31.2 Å². The number of piperazine rings is 1. The molecule has 150 valence electrons. The van der Waals surface area contributed by atoms with Crippen LogP contribution >= 0.6 is 0 Å². The van der Waals surface area contributed by atoms with Crippen molar-refractivity contribution in [2.24, 2.45) is 0 Å². The molecule has 8 nitrogen and oxygen atoms in total. The summed E-state index contributed by atoms with van der Waals surface area (Å²) in [7, 11) is 0. The zero-order valence-electron chi connectivity index (χ0n) is 17.4. The average Bonchev–Trinajstić information content (AvgIpc) is 3.31. The number of aryl methyl sites for hydroxylation is 1. The topological polar surface area (TPSA) is 66.9 Å². The highest BCUT2D eigenvalue weighted by atomic mass is 15.4. The molecule has 0 aliphatic carbocycles. The van der Waals surface area contributed by atoms with Crippen LogP contribution in [-0.4, -0.2) is 55.4 Å². The van der Waals surface area contributed by atoms with Crippen molar-refractivity contribution in [3.05, 3.63) is 48.2 Å². The van der Waals surface area contributed by atoms with Gasteiger partial charge in [0.05, 0.1) is 11.4 Å². The number of pyridine rings is 1. The monoisotopic (exact) mass is 390 g/mol. The van der Waals surface area contributed by atoms with E-state index in [1.807, 2.05) is 23.6 Å². The van der Waals surface area contributed by atoms with Crippen LogP contribution in [-0.2, 0) is 5.41 Å². The summed E-state index contributed by atoms with van der Waals surface area (Å²) in [6.45, 7) is 12.3. The molecule has 0 radical (unpaired) electrons. The third-order valence-corrected chi connectivity index (χ3v) is 5.58. The van der Waals surface area contributed by atoms with Crippen LogP contribution in [0.15, 0.2) is 36.7 Å². The maximum atomic E-state index is 4.76. The van der Waals surface area contributed by atoms with Gasteiger partial charge in [-0.3, -0.25) is 0 Å². The van der Waals surface area contributed by atoms with Crippen molar-refractivity contribution in [2.75, 3.05) is 36.0 Å². The van der Waals surface area contributed by atoms with E-state index in [9.17, 15) is 0 Å². The first-order valence-corrected chi connectivity index (χ1v) is 10.1. The molecule has 0 unspecified atom stereocenters. The normalized spacial score (nSPS) is 15.6. The Morgan fingerprint density at radius 1 is 0.828 bits per heavy atom. The average molecular weight is 390 g/mol. The fraction of sp³-hybridized carbons (Fsp3) is 0.429. The second-order valence-corrected chi connectivity index (χ2v) is 8.71. The Morgan fingerprint density at radius 3 is 2.31 bits per heavy atom. The second-order valence-electron chi connectivity index (χ2n) is 8.71. The number of nitrogens with zero attached hydrogens (tertiary/aromatic N) is 8. The molecule has 5 rings (SSSR count). The van der Waals surface area contributed by atoms with E-state index < -0.39 is 0 Å². The summed E-state index contributed by atoms with van der Waals surface area (Å²) in [6, 6.07) is 8.30. The van der Waals surface area contributed by atoms with Crippen LogP contribution in [0.25, 0.3) is 11.3 Å². The lowest BCUT2D eigenvalue weighted by atomic mass is 9.93. The van der Waals surface area contributed by atoms with Gasteiger partial charge in [0, 0.05) is 44.0 Å². The SMILES string of the molecule is Cc1nnc2ccc(N3CCN(c4ccc5nc(C(C)(C)C)cn5c4)CC3)nn12. The van der Waals surface area contributed by atoms with Crippen LogP contribution in [0, 0.1) is 6.92 Å². The van der Waals surface area contributed by atoms with Crippen LogP contribution < -0.4 is 9.80 Å². The first kappa shape index (κ1) is 17.9. The van der Waals surface area contributed by atoms with Crippen molar-refractivity contribution in [1.29, 1.82) is 0 Å². The minimum Gasteiger partial charge on any atom is -0.367 e. The first-order chi connectivity index (χ1) is 13.9. The molecular formula is C21H26N8. The molecule has 1 aliphatic heterocycles. The number of hydrogen-bond acceptors (Lipinski definition) is 6. The Hall–Kier alpha value is -3.16. The number of anilines is 2. The van der Waals surface area contributed by atoms with Crippen LogP contribution in [0.5, 0.6) is 0 Å². The van der Waals surface area contributed by atoms with E-state index in [-0.39, 0.29) is 5.41 Å². The van der Waals surface area contributed by atoms with Crippen LogP contribution in [0.2, 0.25) is 0 Å². The minimum absolute atomic E-state index is 0.0506. The molecule has 1 fully saturated rings. The van der Waals surface area contributed by atoms with Gasteiger partial charge in [-0.1, -0.05) is 20.8 Å². The van der Waals surface area contributed by atoms with E-state index in [0.717, 1.165) is 54.8 Å². The summed E-state index contributed by atoms with van der Waals surface area (Å²) < 4.78 is 3.95. The summed E-state index contributed by atoms with van der Waals surface area (Å²) >= 11 is 0. The van der Waals surface area contributed by atoms with Crippen molar-refractivity contribution in [2.45, 2.75) is 33.1 Å². The van der Waals surface area contributed by atoms with Crippen LogP contribution in [0.3, 0.4) is 0 Å². The Kier molecular flexibility index (Phi) is 3.97. The number of aromatic nitrogens is 6. The molecule has 5 heterocycles. The lowest BCUT2D eigenvalue weighted by molar-refractivity contribution is 0.573. The van der Waals surface area contributed by atoms with Crippen LogP contribution in [0.1, 0.15) is 32.3 Å². The molecule has 8 heteroatoms. The standard InChI is InChI=1S/C21H26N8/c1-15-23-24-19-7-8-20(25-29(15)19)27-11-9-26(10-12-27)16-5-6-18-22-17(21(2,3)4)14-28(18)13-16/h5-8,13-14H,9-12H2,1-4H3. The summed E-state index contributed by atoms with van der Waals surface area (Å²) in [5.41, 5.74) is 4.18. The van der Waals surface area contributed by atoms with E-state index in [2.05, 4.69) is 69.7 Å². The van der Waals surface area contributed by atoms with Crippen molar-refractivity contribution < 1.29 is 0 Å². The lowest BCUT2D eigenvalue weighted by Crippen LogP contribution is -2.47. The number of fused-ring (bicyclic) bond motifs is 2. The fourth-order valence-corrected chi connectivity index (χ4v) is 3.78. The number of hydrogen-bond donors (Lipinski definition) is 0. The van der Waals surface area contributed by atoms with Gasteiger partial charge in [0.15, 0.2) is 11.5 Å². The van der Waals surface area contributed by atoms with E-state index in [4.69, 9.17) is 10.1 Å². The zero-order chi connectivity index (χ0) is 20.2. The van der Waals surface area contributed by atoms with E-state index in [1.54, 1.807) is 0 Å². The van der Waals surface area contributed by atoms with Crippen LogP contribution in [0.4, 0.5) is 11.5 Å². The van der Waals surface area contributed by atoms with E-state index in [1.165, 1.54) is 5.69 Å². The molecule has 0 spiro atoms. The number of imidazole rings is 1. The van der Waals surface area contributed by atoms with Gasteiger partial charge in [-0.25, -0.2) is 4.98 Å². The highest BCUT2D eigenvalue weighted by Gasteiger charge is 2.21. The van der Waals surface area contributed by atoms with Crippen molar-refractivity contribution in [1.82, 2.24) is 29.2 Å². The molecular weight excluding hydrogens is 364 g/mol. The molecule has 0 bridgehead atoms. The highest BCUT2D eigenvalue weighted by molar-refractivity contribution is 5.54. The van der Waals surface area contributed by atoms with Crippen molar-refractivity contribution >= 4 is 22.8 Å². The second kappa shape index (κ2) is 6.43. The maximum absolute atomic E-state index is 4.76. The molecule has 4 aromatic heterocycles. The molecule has 29 heavy (non-hydrogen) atoms. The summed E-state index contributed by atoms with van der Waals surface area (Å²) in [4.78, 5) is 9.51. The Morgan fingerprint density at radius 2 is 1.55 bits per heavy atom. The lowest BCUT2D eigenvalue weighted by Gasteiger charge is -2.36. The quantitative estimate of drug-likeness (QED) is 0.524. The van der Waals surface area contributed by atoms with Gasteiger partial charge >= 0.3 is 0 Å². The molecule has 0 N–H and O–H groups in total. The molecule has 0 saturated carbocycles. The fourth-order valence-electron chi connectivity index (χ4n) is 3.78.